The highest BCUT2D eigenvalue weighted by Gasteiger charge is 2.23. The van der Waals surface area contributed by atoms with Gasteiger partial charge in [-0.3, -0.25) is 9.48 Å². The van der Waals surface area contributed by atoms with Crippen molar-refractivity contribution in [1.29, 1.82) is 0 Å². The van der Waals surface area contributed by atoms with E-state index in [1.165, 1.54) is 7.11 Å². The zero-order valence-corrected chi connectivity index (χ0v) is 12.2. The highest BCUT2D eigenvalue weighted by molar-refractivity contribution is 6.09. The number of fused-ring (bicyclic) bond motifs is 1. The van der Waals surface area contributed by atoms with Crippen LogP contribution in [0.15, 0.2) is 34.9 Å². The molecule has 3 aromatic rings. The number of methoxy groups -OCH3 is 1. The van der Waals surface area contributed by atoms with Crippen LogP contribution in [0.3, 0.4) is 0 Å². The monoisotopic (exact) mass is 284 g/mol. The van der Waals surface area contributed by atoms with Gasteiger partial charge in [0.15, 0.2) is 17.2 Å². The molecule has 0 saturated heterocycles. The van der Waals surface area contributed by atoms with Crippen molar-refractivity contribution >= 4 is 16.8 Å². The second-order valence-corrected chi connectivity index (χ2v) is 4.86. The van der Waals surface area contributed by atoms with Crippen LogP contribution in [-0.4, -0.2) is 22.7 Å². The quantitative estimate of drug-likeness (QED) is 0.690. The molecule has 0 N–H and O–H groups in total. The van der Waals surface area contributed by atoms with Gasteiger partial charge >= 0.3 is 0 Å². The predicted molar refractivity (Wildman–Crippen MR) is 78.8 cm³/mol. The molecule has 3 rings (SSSR count). The number of nitrogens with zero attached hydrogens (tertiary/aromatic N) is 2. The first-order chi connectivity index (χ1) is 10.1. The van der Waals surface area contributed by atoms with E-state index in [0.717, 1.165) is 10.9 Å². The van der Waals surface area contributed by atoms with E-state index < -0.39 is 0 Å². The molecule has 0 unspecified atom stereocenters. The van der Waals surface area contributed by atoms with E-state index in [1.54, 1.807) is 16.9 Å². The number of ether oxygens (including phenoxy) is 1. The van der Waals surface area contributed by atoms with Crippen LogP contribution < -0.4 is 4.74 Å². The van der Waals surface area contributed by atoms with Gasteiger partial charge in [-0.1, -0.05) is 11.6 Å². The average Bonchev–Trinajstić information content (AvgIpc) is 3.08. The van der Waals surface area contributed by atoms with Crippen LogP contribution >= 0.6 is 0 Å². The van der Waals surface area contributed by atoms with Crippen molar-refractivity contribution in [2.24, 2.45) is 0 Å². The van der Waals surface area contributed by atoms with Gasteiger partial charge in [-0.25, -0.2) is 0 Å². The molecule has 0 amide bonds. The van der Waals surface area contributed by atoms with E-state index in [0.29, 0.717) is 29.3 Å². The highest BCUT2D eigenvalue weighted by Crippen LogP contribution is 2.26. The molecule has 21 heavy (non-hydrogen) atoms. The SMILES string of the molecule is CCn1ncc(OC)c1C(=O)c1cc2cc(C)ccc2o1. The average molecular weight is 284 g/mol. The second kappa shape index (κ2) is 5.09. The zero-order valence-electron chi connectivity index (χ0n) is 12.2. The lowest BCUT2D eigenvalue weighted by Gasteiger charge is -2.04. The molecule has 1 aromatic carbocycles. The summed E-state index contributed by atoms with van der Waals surface area (Å²) < 4.78 is 12.5. The summed E-state index contributed by atoms with van der Waals surface area (Å²) in [4.78, 5) is 12.7. The molecular weight excluding hydrogens is 268 g/mol. The van der Waals surface area contributed by atoms with Gasteiger partial charge in [-0.15, -0.1) is 0 Å². The lowest BCUT2D eigenvalue weighted by atomic mass is 10.1. The van der Waals surface area contributed by atoms with Crippen LogP contribution in [0.5, 0.6) is 5.75 Å². The lowest BCUT2D eigenvalue weighted by Crippen LogP contribution is -2.11. The molecule has 2 aromatic heterocycles. The number of ketones is 1. The van der Waals surface area contributed by atoms with Gasteiger partial charge in [0, 0.05) is 11.9 Å². The van der Waals surface area contributed by atoms with Gasteiger partial charge < -0.3 is 9.15 Å². The summed E-state index contributed by atoms with van der Waals surface area (Å²) in [5.41, 5.74) is 2.24. The van der Waals surface area contributed by atoms with E-state index >= 15 is 0 Å². The number of carbonyl (C=O) groups is 1. The number of aromatic nitrogens is 2. The highest BCUT2D eigenvalue weighted by atomic mass is 16.5. The number of furan rings is 1. The van der Waals surface area contributed by atoms with Crippen LogP contribution in [0.1, 0.15) is 28.7 Å². The summed E-state index contributed by atoms with van der Waals surface area (Å²) in [7, 11) is 1.52. The Morgan fingerprint density at radius 2 is 2.19 bits per heavy atom. The van der Waals surface area contributed by atoms with Crippen molar-refractivity contribution in [1.82, 2.24) is 9.78 Å². The first-order valence-corrected chi connectivity index (χ1v) is 6.78. The molecule has 0 aliphatic carbocycles. The Labute approximate surface area is 122 Å². The Morgan fingerprint density at radius 1 is 1.38 bits per heavy atom. The van der Waals surface area contributed by atoms with E-state index in [4.69, 9.17) is 9.15 Å². The van der Waals surface area contributed by atoms with Crippen LogP contribution in [0.4, 0.5) is 0 Å². The van der Waals surface area contributed by atoms with Gasteiger partial charge in [0.25, 0.3) is 0 Å². The largest absolute Gasteiger partial charge is 0.493 e. The van der Waals surface area contributed by atoms with Crippen molar-refractivity contribution in [3.63, 3.8) is 0 Å². The smallest absolute Gasteiger partial charge is 0.250 e. The lowest BCUT2D eigenvalue weighted by molar-refractivity contribution is 0.0998. The summed E-state index contributed by atoms with van der Waals surface area (Å²) in [6.07, 6.45) is 1.55. The molecule has 0 radical (unpaired) electrons. The normalized spacial score (nSPS) is 11.0. The van der Waals surface area contributed by atoms with Gasteiger partial charge in [0.2, 0.25) is 5.78 Å². The fraction of sp³-hybridized carbons (Fsp3) is 0.250. The maximum Gasteiger partial charge on any atom is 0.250 e. The number of hydrogen-bond donors (Lipinski definition) is 0. The van der Waals surface area contributed by atoms with Crippen LogP contribution in [0.2, 0.25) is 0 Å². The summed E-state index contributed by atoms with van der Waals surface area (Å²) in [6, 6.07) is 7.58. The van der Waals surface area contributed by atoms with E-state index in [9.17, 15) is 4.79 Å². The number of hydrogen-bond acceptors (Lipinski definition) is 4. The minimum Gasteiger partial charge on any atom is -0.493 e. The molecule has 108 valence electrons. The first kappa shape index (κ1) is 13.4. The summed E-state index contributed by atoms with van der Waals surface area (Å²) in [5.74, 6) is 0.530. The Balaban J connectivity index is 2.10. The second-order valence-electron chi connectivity index (χ2n) is 4.86. The predicted octanol–water partition coefficient (Wildman–Crippen LogP) is 3.20. The number of aryl methyl sites for hydroxylation is 2. The third kappa shape index (κ3) is 2.20. The molecule has 0 aliphatic rings. The fourth-order valence-electron chi connectivity index (χ4n) is 2.38. The molecule has 5 nitrogen and oxygen atoms in total. The van der Waals surface area contributed by atoms with Crippen molar-refractivity contribution in [2.45, 2.75) is 20.4 Å². The van der Waals surface area contributed by atoms with Gasteiger partial charge in [0.1, 0.15) is 5.58 Å². The van der Waals surface area contributed by atoms with Crippen molar-refractivity contribution in [2.75, 3.05) is 7.11 Å². The minimum absolute atomic E-state index is 0.222. The first-order valence-electron chi connectivity index (χ1n) is 6.78. The number of carbonyl (C=O) groups excluding carboxylic acids is 1. The Morgan fingerprint density at radius 3 is 2.90 bits per heavy atom. The van der Waals surface area contributed by atoms with E-state index in [-0.39, 0.29) is 5.78 Å². The van der Waals surface area contributed by atoms with Crippen LogP contribution in [-0.2, 0) is 6.54 Å². The minimum atomic E-state index is -0.222. The standard InChI is InChI=1S/C16H16N2O3/c1-4-18-15(14(20-3)9-17-18)16(19)13-8-11-7-10(2)5-6-12(11)21-13/h5-9H,4H2,1-3H3. The van der Waals surface area contributed by atoms with Gasteiger partial charge in [-0.2, -0.15) is 5.10 Å². The molecule has 0 saturated carbocycles. The molecule has 0 aliphatic heterocycles. The van der Waals surface area contributed by atoms with Crippen molar-refractivity contribution < 1.29 is 13.9 Å². The number of rotatable bonds is 4. The molecular formula is C16H16N2O3. The van der Waals surface area contributed by atoms with E-state index in [2.05, 4.69) is 5.10 Å². The number of benzene rings is 1. The Hall–Kier alpha value is -2.56. The Kier molecular flexibility index (Phi) is 3.25. The summed E-state index contributed by atoms with van der Waals surface area (Å²) in [5, 5.41) is 5.07. The maximum absolute atomic E-state index is 12.7. The fourth-order valence-corrected chi connectivity index (χ4v) is 2.38. The van der Waals surface area contributed by atoms with Gasteiger partial charge in [0.05, 0.1) is 13.3 Å². The van der Waals surface area contributed by atoms with E-state index in [1.807, 2.05) is 32.0 Å². The molecule has 0 atom stereocenters. The third-order valence-electron chi connectivity index (χ3n) is 3.44. The molecule has 2 heterocycles. The van der Waals surface area contributed by atoms with Crippen molar-refractivity contribution in [3.8, 4) is 5.75 Å². The molecule has 0 bridgehead atoms. The summed E-state index contributed by atoms with van der Waals surface area (Å²) >= 11 is 0. The molecule has 0 fully saturated rings. The summed E-state index contributed by atoms with van der Waals surface area (Å²) in [6.45, 7) is 4.51. The van der Waals surface area contributed by atoms with Gasteiger partial charge in [-0.05, 0) is 32.0 Å². The molecule has 0 spiro atoms. The zero-order chi connectivity index (χ0) is 15.0. The van der Waals surface area contributed by atoms with Crippen LogP contribution in [0.25, 0.3) is 11.0 Å². The Bertz CT molecular complexity index is 793. The van der Waals surface area contributed by atoms with Crippen molar-refractivity contribution in [3.05, 3.63) is 47.5 Å². The topological polar surface area (TPSA) is 57.3 Å². The maximum atomic E-state index is 12.7. The third-order valence-corrected chi connectivity index (χ3v) is 3.44. The van der Waals surface area contributed by atoms with Crippen LogP contribution in [0, 0.1) is 6.92 Å². The molecule has 5 heteroatoms.